The van der Waals surface area contributed by atoms with Gasteiger partial charge in [0.05, 0.1) is 28.1 Å². The summed E-state index contributed by atoms with van der Waals surface area (Å²) in [5.74, 6) is -0.769. The highest BCUT2D eigenvalue weighted by atomic mass is 32.1. The van der Waals surface area contributed by atoms with Crippen molar-refractivity contribution in [2.45, 2.75) is 25.8 Å². The quantitative estimate of drug-likeness (QED) is 0.557. The molecule has 2 aromatic carbocycles. The topological polar surface area (TPSA) is 78.5 Å². The molecule has 1 aliphatic heterocycles. The fourth-order valence-corrected chi connectivity index (χ4v) is 4.75. The van der Waals surface area contributed by atoms with Crippen molar-refractivity contribution in [3.05, 3.63) is 88.1 Å². The summed E-state index contributed by atoms with van der Waals surface area (Å²) in [5, 5.41) is 7.81. The van der Waals surface area contributed by atoms with Gasteiger partial charge >= 0.3 is 0 Å². The number of benzene rings is 2. The van der Waals surface area contributed by atoms with Gasteiger partial charge in [-0.2, -0.15) is 0 Å². The summed E-state index contributed by atoms with van der Waals surface area (Å²) in [6.07, 6.45) is 1.48. The van der Waals surface area contributed by atoms with Crippen molar-refractivity contribution in [1.82, 2.24) is 10.2 Å². The van der Waals surface area contributed by atoms with Crippen molar-refractivity contribution in [2.75, 3.05) is 18.4 Å². The number of carbonyl (C=O) groups is 3. The lowest BCUT2D eigenvalue weighted by molar-refractivity contribution is -0.121. The van der Waals surface area contributed by atoms with Crippen LogP contribution in [0.25, 0.3) is 0 Å². The lowest BCUT2D eigenvalue weighted by atomic mass is 9.96. The molecule has 1 aromatic heterocycles. The molecule has 2 unspecified atom stereocenters. The van der Waals surface area contributed by atoms with Crippen LogP contribution in [0.1, 0.15) is 51.4 Å². The minimum Gasteiger partial charge on any atom is -0.345 e. The highest BCUT2D eigenvalue weighted by molar-refractivity contribution is 7.12. The zero-order chi connectivity index (χ0) is 23.2. The Morgan fingerprint density at radius 2 is 1.76 bits per heavy atom. The number of piperidine rings is 1. The molecular weight excluding hydrogens is 434 g/mol. The first-order valence-corrected chi connectivity index (χ1v) is 12.0. The van der Waals surface area contributed by atoms with E-state index >= 15 is 0 Å². The van der Waals surface area contributed by atoms with Gasteiger partial charge in [-0.3, -0.25) is 14.4 Å². The van der Waals surface area contributed by atoms with Gasteiger partial charge in [-0.1, -0.05) is 48.5 Å². The highest BCUT2D eigenvalue weighted by Gasteiger charge is 2.30. The van der Waals surface area contributed by atoms with Gasteiger partial charge in [0.15, 0.2) is 0 Å². The molecule has 33 heavy (non-hydrogen) atoms. The summed E-state index contributed by atoms with van der Waals surface area (Å²) in [4.78, 5) is 41.2. The Kier molecular flexibility index (Phi) is 7.19. The number of nitrogens with one attached hydrogen (secondary N) is 2. The monoisotopic (exact) mass is 461 g/mol. The van der Waals surface area contributed by atoms with Crippen molar-refractivity contribution >= 4 is 34.7 Å². The third kappa shape index (κ3) is 5.49. The zero-order valence-corrected chi connectivity index (χ0v) is 19.3. The maximum absolute atomic E-state index is 13.1. The van der Waals surface area contributed by atoms with Crippen LogP contribution >= 0.6 is 11.3 Å². The summed E-state index contributed by atoms with van der Waals surface area (Å²) in [6, 6.07) is 20.2. The lowest BCUT2D eigenvalue weighted by Crippen LogP contribution is -2.43. The molecule has 1 fully saturated rings. The van der Waals surface area contributed by atoms with Crippen molar-refractivity contribution in [1.29, 1.82) is 0 Å². The van der Waals surface area contributed by atoms with Crippen molar-refractivity contribution in [3.63, 3.8) is 0 Å². The largest absolute Gasteiger partial charge is 0.345 e. The first-order chi connectivity index (χ1) is 16.0. The van der Waals surface area contributed by atoms with Gasteiger partial charge in [0.25, 0.3) is 11.8 Å². The summed E-state index contributed by atoms with van der Waals surface area (Å²) in [5.41, 5.74) is 1.89. The summed E-state index contributed by atoms with van der Waals surface area (Å²) in [7, 11) is 0. The van der Waals surface area contributed by atoms with Crippen molar-refractivity contribution in [2.24, 2.45) is 5.92 Å². The molecule has 0 bridgehead atoms. The molecule has 2 atom stereocenters. The van der Waals surface area contributed by atoms with Gasteiger partial charge in [0.2, 0.25) is 5.91 Å². The van der Waals surface area contributed by atoms with E-state index < -0.39 is 0 Å². The molecule has 0 spiro atoms. The predicted octanol–water partition coefficient (Wildman–Crippen LogP) is 4.73. The maximum atomic E-state index is 13.1. The number of hydrogen-bond acceptors (Lipinski definition) is 4. The number of nitrogens with zero attached hydrogens (tertiary/aromatic N) is 1. The van der Waals surface area contributed by atoms with Crippen LogP contribution in [0.4, 0.5) is 5.69 Å². The maximum Gasteiger partial charge on any atom is 0.263 e. The highest BCUT2D eigenvalue weighted by Crippen LogP contribution is 2.24. The molecule has 2 heterocycles. The summed E-state index contributed by atoms with van der Waals surface area (Å²) >= 11 is 1.41. The predicted molar refractivity (Wildman–Crippen MR) is 130 cm³/mol. The third-order valence-corrected chi connectivity index (χ3v) is 6.75. The van der Waals surface area contributed by atoms with Gasteiger partial charge in [0, 0.05) is 13.1 Å². The average Bonchev–Trinajstić information content (AvgIpc) is 3.39. The van der Waals surface area contributed by atoms with Crippen LogP contribution in [-0.4, -0.2) is 35.7 Å². The molecule has 3 amide bonds. The van der Waals surface area contributed by atoms with Crippen LogP contribution < -0.4 is 10.6 Å². The number of carbonyl (C=O) groups excluding carboxylic acids is 3. The van der Waals surface area contributed by atoms with E-state index in [2.05, 4.69) is 10.6 Å². The molecule has 6 nitrogen and oxygen atoms in total. The lowest BCUT2D eigenvalue weighted by Gasteiger charge is -2.32. The smallest absolute Gasteiger partial charge is 0.263 e. The molecule has 0 aliphatic carbocycles. The van der Waals surface area contributed by atoms with Crippen LogP contribution in [0.5, 0.6) is 0 Å². The van der Waals surface area contributed by atoms with Gasteiger partial charge in [-0.15, -0.1) is 11.3 Å². The number of rotatable bonds is 6. The minimum atomic E-state index is -0.318. The summed E-state index contributed by atoms with van der Waals surface area (Å²) in [6.45, 7) is 2.95. The Bertz CT molecular complexity index is 1110. The molecule has 0 saturated carbocycles. The molecule has 7 heteroatoms. The molecule has 3 aromatic rings. The van der Waals surface area contributed by atoms with Crippen molar-refractivity contribution < 1.29 is 14.4 Å². The van der Waals surface area contributed by atoms with E-state index in [1.807, 2.05) is 54.8 Å². The summed E-state index contributed by atoms with van der Waals surface area (Å²) < 4.78 is 0. The molecule has 2 N–H and O–H groups in total. The van der Waals surface area contributed by atoms with Crippen LogP contribution in [-0.2, 0) is 4.79 Å². The van der Waals surface area contributed by atoms with E-state index in [4.69, 9.17) is 0 Å². The Morgan fingerprint density at radius 3 is 2.52 bits per heavy atom. The molecule has 1 saturated heterocycles. The van der Waals surface area contributed by atoms with E-state index in [0.29, 0.717) is 35.6 Å². The zero-order valence-electron chi connectivity index (χ0n) is 18.5. The Morgan fingerprint density at radius 1 is 1.00 bits per heavy atom. The number of amides is 3. The Balaban J connectivity index is 1.42. The second-order valence-corrected chi connectivity index (χ2v) is 9.16. The molecular formula is C26H27N3O3S. The van der Waals surface area contributed by atoms with Crippen molar-refractivity contribution in [3.8, 4) is 0 Å². The van der Waals surface area contributed by atoms with Gasteiger partial charge in [-0.25, -0.2) is 0 Å². The Labute approximate surface area is 197 Å². The fourth-order valence-electron chi connectivity index (χ4n) is 4.06. The van der Waals surface area contributed by atoms with Crippen LogP contribution in [0.15, 0.2) is 72.1 Å². The molecule has 0 radical (unpaired) electrons. The van der Waals surface area contributed by atoms with Gasteiger partial charge in [-0.05, 0) is 48.9 Å². The van der Waals surface area contributed by atoms with E-state index in [9.17, 15) is 14.4 Å². The molecule has 4 rings (SSSR count). The van der Waals surface area contributed by atoms with E-state index in [-0.39, 0.29) is 29.7 Å². The molecule has 170 valence electrons. The standard InChI is InChI=1S/C26H27N3O3S/c1-18(19-9-3-2-4-10-19)27-25(31)21-12-5-6-13-22(21)28-24(30)20-11-7-15-29(17-20)26(32)23-14-8-16-33-23/h2-6,8-10,12-14,16,18,20H,7,11,15,17H2,1H3,(H,27,31)(H,28,30). The Hall–Kier alpha value is -3.45. The van der Waals surface area contributed by atoms with Gasteiger partial charge in [0.1, 0.15) is 0 Å². The fraction of sp³-hybridized carbons (Fsp3) is 0.269. The van der Waals surface area contributed by atoms with Gasteiger partial charge < -0.3 is 15.5 Å². The van der Waals surface area contributed by atoms with Crippen LogP contribution in [0.2, 0.25) is 0 Å². The first-order valence-electron chi connectivity index (χ1n) is 11.1. The number of para-hydroxylation sites is 1. The third-order valence-electron chi connectivity index (χ3n) is 5.89. The molecule has 1 aliphatic rings. The average molecular weight is 462 g/mol. The SMILES string of the molecule is CC(NC(=O)c1ccccc1NC(=O)C1CCCN(C(=O)c2cccs2)C1)c1ccccc1. The first kappa shape index (κ1) is 22.7. The van der Waals surface area contributed by atoms with Crippen LogP contribution in [0.3, 0.4) is 0 Å². The second-order valence-electron chi connectivity index (χ2n) is 8.21. The van der Waals surface area contributed by atoms with E-state index in [0.717, 1.165) is 12.0 Å². The number of likely N-dealkylation sites (tertiary alicyclic amines) is 1. The number of thiophene rings is 1. The van der Waals surface area contributed by atoms with E-state index in [1.165, 1.54) is 11.3 Å². The number of anilines is 1. The minimum absolute atomic E-state index is 0.0304. The second kappa shape index (κ2) is 10.4. The van der Waals surface area contributed by atoms with Crippen LogP contribution in [0, 0.1) is 5.92 Å². The van der Waals surface area contributed by atoms with E-state index in [1.54, 1.807) is 29.2 Å². The normalized spacial score (nSPS) is 16.6. The number of hydrogen-bond donors (Lipinski definition) is 2.